The van der Waals surface area contributed by atoms with Gasteiger partial charge in [0, 0.05) is 6.04 Å². The van der Waals surface area contributed by atoms with E-state index in [1.807, 2.05) is 20.8 Å². The lowest BCUT2D eigenvalue weighted by Crippen LogP contribution is -2.37. The highest BCUT2D eigenvalue weighted by Crippen LogP contribution is 2.19. The van der Waals surface area contributed by atoms with E-state index < -0.39 is 21.7 Å². The molecule has 0 bridgehead atoms. The number of rotatable bonds is 5. The van der Waals surface area contributed by atoms with Crippen molar-refractivity contribution in [1.82, 2.24) is 5.32 Å². The van der Waals surface area contributed by atoms with Gasteiger partial charge in [0.05, 0.1) is 10.5 Å². The molecule has 0 heterocycles. The molecule has 0 aliphatic heterocycles. The fourth-order valence-electron chi connectivity index (χ4n) is 1.85. The third-order valence-electron chi connectivity index (χ3n) is 3.66. The van der Waals surface area contributed by atoms with Crippen molar-refractivity contribution in [2.24, 2.45) is 11.1 Å². The molecule has 21 heavy (non-hydrogen) atoms. The third kappa shape index (κ3) is 4.25. The summed E-state index contributed by atoms with van der Waals surface area (Å²) in [4.78, 5) is 11.9. The standard InChI is InChI=1S/C14H21FN2O3S/c1-5-8(2)10(4)17-14(18)12-7-11(21(16,19)20)6-9(3)13(12)15/h6-8,10H,5H2,1-4H3,(H,17,18)(H2,16,19,20). The average Bonchev–Trinajstić information content (AvgIpc) is 2.39. The fraction of sp³-hybridized carbons (Fsp3) is 0.500. The molecule has 1 aromatic carbocycles. The van der Waals surface area contributed by atoms with Gasteiger partial charge in [-0.1, -0.05) is 20.3 Å². The van der Waals surface area contributed by atoms with E-state index in [0.717, 1.165) is 18.6 Å². The van der Waals surface area contributed by atoms with Crippen LogP contribution < -0.4 is 10.5 Å². The number of halogens is 1. The zero-order valence-electron chi connectivity index (χ0n) is 12.6. The summed E-state index contributed by atoms with van der Waals surface area (Å²) in [5, 5.41) is 7.71. The molecule has 1 amide bonds. The first-order chi connectivity index (χ1) is 9.57. The summed E-state index contributed by atoms with van der Waals surface area (Å²) in [5.74, 6) is -1.16. The van der Waals surface area contributed by atoms with E-state index in [0.29, 0.717) is 0 Å². The van der Waals surface area contributed by atoms with Gasteiger partial charge in [0.1, 0.15) is 5.82 Å². The molecule has 0 aromatic heterocycles. The van der Waals surface area contributed by atoms with Gasteiger partial charge in [0.25, 0.3) is 5.91 Å². The summed E-state index contributed by atoms with van der Waals surface area (Å²) in [6.07, 6.45) is 0.861. The van der Waals surface area contributed by atoms with Crippen LogP contribution >= 0.6 is 0 Å². The topological polar surface area (TPSA) is 89.3 Å². The Balaban J connectivity index is 3.18. The maximum Gasteiger partial charge on any atom is 0.254 e. The van der Waals surface area contributed by atoms with Gasteiger partial charge in [-0.2, -0.15) is 0 Å². The van der Waals surface area contributed by atoms with Crippen molar-refractivity contribution < 1.29 is 17.6 Å². The minimum Gasteiger partial charge on any atom is -0.349 e. The van der Waals surface area contributed by atoms with E-state index in [1.54, 1.807) is 0 Å². The van der Waals surface area contributed by atoms with E-state index in [4.69, 9.17) is 5.14 Å². The molecule has 2 unspecified atom stereocenters. The van der Waals surface area contributed by atoms with Gasteiger partial charge in [-0.15, -0.1) is 0 Å². The van der Waals surface area contributed by atoms with Gasteiger partial charge in [-0.3, -0.25) is 4.79 Å². The number of hydrogen-bond donors (Lipinski definition) is 2. The summed E-state index contributed by atoms with van der Waals surface area (Å²) in [7, 11) is -3.99. The summed E-state index contributed by atoms with van der Waals surface area (Å²) < 4.78 is 36.8. The molecule has 0 saturated heterocycles. The lowest BCUT2D eigenvalue weighted by molar-refractivity contribution is 0.0923. The Morgan fingerprint density at radius 3 is 2.43 bits per heavy atom. The Hall–Kier alpha value is -1.47. The van der Waals surface area contributed by atoms with Crippen molar-refractivity contribution >= 4 is 15.9 Å². The average molecular weight is 316 g/mol. The van der Waals surface area contributed by atoms with Gasteiger partial charge < -0.3 is 5.32 Å². The monoisotopic (exact) mass is 316 g/mol. The number of hydrogen-bond acceptors (Lipinski definition) is 3. The Labute approximate surface area is 124 Å². The SMILES string of the molecule is CCC(C)C(C)NC(=O)c1cc(S(N)(=O)=O)cc(C)c1F. The lowest BCUT2D eigenvalue weighted by atomic mass is 10.0. The second kappa shape index (κ2) is 6.53. The summed E-state index contributed by atoms with van der Waals surface area (Å²) in [6, 6.07) is 1.93. The van der Waals surface area contributed by atoms with E-state index in [1.165, 1.54) is 6.92 Å². The normalized spacial score (nSPS) is 14.6. The number of nitrogens with two attached hydrogens (primary N) is 1. The summed E-state index contributed by atoms with van der Waals surface area (Å²) in [5.41, 5.74) is -0.253. The minimum atomic E-state index is -3.99. The molecule has 0 aliphatic rings. The first-order valence-corrected chi connectivity index (χ1v) is 8.26. The zero-order valence-corrected chi connectivity index (χ0v) is 13.4. The Kier molecular flexibility index (Phi) is 5.47. The molecule has 7 heteroatoms. The molecule has 3 N–H and O–H groups in total. The molecule has 0 spiro atoms. The molecular weight excluding hydrogens is 295 g/mol. The first-order valence-electron chi connectivity index (χ1n) is 6.71. The number of carbonyl (C=O) groups is 1. The maximum absolute atomic E-state index is 14.1. The highest BCUT2D eigenvalue weighted by Gasteiger charge is 2.21. The Morgan fingerprint density at radius 2 is 1.95 bits per heavy atom. The quantitative estimate of drug-likeness (QED) is 0.870. The van der Waals surface area contributed by atoms with Crippen molar-refractivity contribution in [2.75, 3.05) is 0 Å². The van der Waals surface area contributed by atoms with Crippen molar-refractivity contribution in [3.8, 4) is 0 Å². The van der Waals surface area contributed by atoms with Crippen molar-refractivity contribution in [3.63, 3.8) is 0 Å². The largest absolute Gasteiger partial charge is 0.349 e. The second-order valence-electron chi connectivity index (χ2n) is 5.29. The Bertz CT molecular complexity index is 644. The van der Waals surface area contributed by atoms with Crippen molar-refractivity contribution in [1.29, 1.82) is 0 Å². The number of carbonyl (C=O) groups excluding carboxylic acids is 1. The molecule has 1 rings (SSSR count). The number of nitrogens with one attached hydrogen (secondary N) is 1. The lowest BCUT2D eigenvalue weighted by Gasteiger charge is -2.20. The van der Waals surface area contributed by atoms with Crippen LogP contribution in [0.3, 0.4) is 0 Å². The van der Waals surface area contributed by atoms with Crippen LogP contribution in [0, 0.1) is 18.7 Å². The highest BCUT2D eigenvalue weighted by atomic mass is 32.2. The number of amides is 1. The van der Waals surface area contributed by atoms with E-state index >= 15 is 0 Å². The van der Waals surface area contributed by atoms with Crippen molar-refractivity contribution in [3.05, 3.63) is 29.1 Å². The first kappa shape index (κ1) is 17.6. The van der Waals surface area contributed by atoms with Crippen molar-refractivity contribution in [2.45, 2.75) is 45.1 Å². The molecule has 0 fully saturated rings. The van der Waals surface area contributed by atoms with Gasteiger partial charge in [-0.05, 0) is 37.5 Å². The van der Waals surface area contributed by atoms with Crippen LogP contribution in [-0.2, 0) is 10.0 Å². The van der Waals surface area contributed by atoms with E-state index in [9.17, 15) is 17.6 Å². The molecule has 2 atom stereocenters. The van der Waals surface area contributed by atoms with Crippen LogP contribution in [0.5, 0.6) is 0 Å². The minimum absolute atomic E-state index is 0.0582. The number of primary sulfonamides is 1. The zero-order chi connectivity index (χ0) is 16.4. The molecule has 5 nitrogen and oxygen atoms in total. The molecule has 118 valence electrons. The van der Waals surface area contributed by atoms with Gasteiger partial charge >= 0.3 is 0 Å². The predicted molar refractivity (Wildman–Crippen MR) is 78.9 cm³/mol. The van der Waals surface area contributed by atoms with Crippen LogP contribution in [0.25, 0.3) is 0 Å². The predicted octanol–water partition coefficient (Wildman–Crippen LogP) is 1.95. The molecule has 0 radical (unpaired) electrons. The van der Waals surface area contributed by atoms with Crippen LogP contribution in [-0.4, -0.2) is 20.4 Å². The van der Waals surface area contributed by atoms with Crippen LogP contribution in [0.1, 0.15) is 43.1 Å². The molecule has 0 aliphatic carbocycles. The summed E-state index contributed by atoms with van der Waals surface area (Å²) >= 11 is 0. The van der Waals surface area contributed by atoms with Gasteiger partial charge in [0.2, 0.25) is 10.0 Å². The molecule has 0 saturated carbocycles. The van der Waals surface area contributed by atoms with Gasteiger partial charge in [0.15, 0.2) is 0 Å². The fourth-order valence-corrected chi connectivity index (χ4v) is 2.47. The number of sulfonamides is 1. The van der Waals surface area contributed by atoms with E-state index in [-0.39, 0.29) is 28.0 Å². The maximum atomic E-state index is 14.1. The van der Waals surface area contributed by atoms with Crippen LogP contribution in [0.2, 0.25) is 0 Å². The smallest absolute Gasteiger partial charge is 0.254 e. The van der Waals surface area contributed by atoms with E-state index in [2.05, 4.69) is 5.32 Å². The van der Waals surface area contributed by atoms with Crippen LogP contribution in [0.4, 0.5) is 4.39 Å². The second-order valence-corrected chi connectivity index (χ2v) is 6.86. The van der Waals surface area contributed by atoms with Crippen LogP contribution in [0.15, 0.2) is 17.0 Å². The number of aryl methyl sites for hydroxylation is 1. The highest BCUT2D eigenvalue weighted by molar-refractivity contribution is 7.89. The molecular formula is C14H21FN2O3S. The summed E-state index contributed by atoms with van der Waals surface area (Å²) in [6.45, 7) is 7.16. The third-order valence-corrected chi connectivity index (χ3v) is 4.55. The Morgan fingerprint density at radius 1 is 1.38 bits per heavy atom. The van der Waals surface area contributed by atoms with Gasteiger partial charge in [-0.25, -0.2) is 17.9 Å². The number of benzene rings is 1. The molecule has 1 aromatic rings.